The van der Waals surface area contributed by atoms with Gasteiger partial charge in [0.1, 0.15) is 0 Å². The van der Waals surface area contributed by atoms with E-state index in [9.17, 15) is 9.59 Å². The van der Waals surface area contributed by atoms with Gasteiger partial charge in [-0.15, -0.1) is 11.3 Å². The van der Waals surface area contributed by atoms with Gasteiger partial charge >= 0.3 is 0 Å². The molecule has 5 nitrogen and oxygen atoms in total. The molecule has 4 aromatic rings. The van der Waals surface area contributed by atoms with Crippen LogP contribution in [0.2, 0.25) is 0 Å². The average Bonchev–Trinajstić information content (AvgIpc) is 3.29. The van der Waals surface area contributed by atoms with Crippen molar-refractivity contribution in [3.8, 4) is 0 Å². The van der Waals surface area contributed by atoms with Crippen LogP contribution in [0.25, 0.3) is 10.8 Å². The molecule has 1 N–H and O–H groups in total. The van der Waals surface area contributed by atoms with Gasteiger partial charge in [-0.3, -0.25) is 9.59 Å². The summed E-state index contributed by atoms with van der Waals surface area (Å²) in [5.41, 5.74) is 2.28. The number of hydrogen-bond donors (Lipinski definition) is 1. The van der Waals surface area contributed by atoms with Crippen LogP contribution in [0.15, 0.2) is 70.8 Å². The summed E-state index contributed by atoms with van der Waals surface area (Å²) in [6.45, 7) is 4.31. The summed E-state index contributed by atoms with van der Waals surface area (Å²) in [5.74, 6) is 0.128. The highest BCUT2D eigenvalue weighted by Gasteiger charge is 2.22. The van der Waals surface area contributed by atoms with Crippen molar-refractivity contribution in [2.24, 2.45) is 7.05 Å². The third kappa shape index (κ3) is 3.78. The molecule has 0 spiro atoms. The Morgan fingerprint density at radius 3 is 2.27 bits per heavy atom. The normalized spacial score (nSPS) is 12.3. The first kappa shape index (κ1) is 20.0. The molecule has 152 valence electrons. The SMILES string of the molecule is CC(C)c1ccc([C@H](NC(=O)c2nn(C)c(=O)c3ccccc23)c2cccs2)cc1. The quantitative estimate of drug-likeness (QED) is 0.515. The fourth-order valence-corrected chi connectivity index (χ4v) is 4.32. The highest BCUT2D eigenvalue weighted by Crippen LogP contribution is 2.28. The predicted molar refractivity (Wildman–Crippen MR) is 121 cm³/mol. The monoisotopic (exact) mass is 417 g/mol. The standard InChI is InChI=1S/C24H23N3O2S/c1-15(2)16-10-12-17(13-11-16)21(20-9-6-14-30-20)25-23(28)22-18-7-4-5-8-19(18)24(29)27(3)26-22/h4-15,21H,1-3H3,(H,25,28)/t21-/m0/s1. The number of hydrogen-bond acceptors (Lipinski definition) is 4. The van der Waals surface area contributed by atoms with Gasteiger partial charge < -0.3 is 5.32 Å². The van der Waals surface area contributed by atoms with Crippen LogP contribution in [-0.2, 0) is 7.05 Å². The Labute approximate surface area is 179 Å². The molecule has 0 bridgehead atoms. The fourth-order valence-electron chi connectivity index (χ4n) is 3.51. The molecule has 0 saturated carbocycles. The zero-order valence-corrected chi connectivity index (χ0v) is 17.9. The van der Waals surface area contributed by atoms with E-state index in [2.05, 4.69) is 48.5 Å². The molecule has 4 rings (SSSR count). The van der Waals surface area contributed by atoms with E-state index in [-0.39, 0.29) is 23.2 Å². The van der Waals surface area contributed by atoms with Crippen LogP contribution in [-0.4, -0.2) is 15.7 Å². The Hall–Kier alpha value is -3.25. The van der Waals surface area contributed by atoms with Crippen molar-refractivity contribution in [3.05, 3.63) is 98.1 Å². The van der Waals surface area contributed by atoms with Crippen LogP contribution in [0.3, 0.4) is 0 Å². The summed E-state index contributed by atoms with van der Waals surface area (Å²) >= 11 is 1.59. The molecule has 0 aliphatic carbocycles. The lowest BCUT2D eigenvalue weighted by Gasteiger charge is -2.19. The molecule has 0 aliphatic rings. The third-order valence-corrected chi connectivity index (χ3v) is 6.15. The van der Waals surface area contributed by atoms with E-state index in [1.165, 1.54) is 10.2 Å². The van der Waals surface area contributed by atoms with Crippen LogP contribution in [0.1, 0.15) is 52.3 Å². The number of aryl methyl sites for hydroxylation is 1. The van der Waals surface area contributed by atoms with Crippen molar-refractivity contribution in [2.45, 2.75) is 25.8 Å². The number of amides is 1. The Kier molecular flexibility index (Phi) is 5.50. The minimum absolute atomic E-state index is 0.221. The van der Waals surface area contributed by atoms with E-state index in [1.54, 1.807) is 36.6 Å². The number of carbonyl (C=O) groups excluding carboxylic acids is 1. The zero-order chi connectivity index (χ0) is 21.3. The molecule has 0 unspecified atom stereocenters. The molecule has 0 fully saturated rings. The molecule has 1 amide bonds. The molecule has 2 heterocycles. The fraction of sp³-hybridized carbons (Fsp3) is 0.208. The minimum Gasteiger partial charge on any atom is -0.339 e. The molecule has 6 heteroatoms. The first-order valence-electron chi connectivity index (χ1n) is 9.86. The zero-order valence-electron chi connectivity index (χ0n) is 17.1. The number of nitrogens with one attached hydrogen (secondary N) is 1. The van der Waals surface area contributed by atoms with Crippen LogP contribution in [0, 0.1) is 0 Å². The second-order valence-corrected chi connectivity index (χ2v) is 8.55. The predicted octanol–water partition coefficient (Wildman–Crippen LogP) is 4.64. The van der Waals surface area contributed by atoms with E-state index in [0.29, 0.717) is 16.7 Å². The van der Waals surface area contributed by atoms with Crippen LogP contribution in [0.5, 0.6) is 0 Å². The first-order valence-corrected chi connectivity index (χ1v) is 10.7. The summed E-state index contributed by atoms with van der Waals surface area (Å²) < 4.78 is 1.22. The summed E-state index contributed by atoms with van der Waals surface area (Å²) in [7, 11) is 1.56. The summed E-state index contributed by atoms with van der Waals surface area (Å²) in [6, 6.07) is 19.1. The van der Waals surface area contributed by atoms with Gasteiger partial charge in [0.15, 0.2) is 5.69 Å². The number of carbonyl (C=O) groups is 1. The van der Waals surface area contributed by atoms with Gasteiger partial charge in [0.25, 0.3) is 11.5 Å². The van der Waals surface area contributed by atoms with Crippen molar-refractivity contribution in [1.82, 2.24) is 15.1 Å². The van der Waals surface area contributed by atoms with Gasteiger partial charge in [-0.05, 0) is 34.6 Å². The van der Waals surface area contributed by atoms with Gasteiger partial charge in [0, 0.05) is 17.3 Å². The number of nitrogens with zero attached hydrogens (tertiary/aromatic N) is 2. The first-order chi connectivity index (χ1) is 14.5. The van der Waals surface area contributed by atoms with E-state index < -0.39 is 0 Å². The van der Waals surface area contributed by atoms with Gasteiger partial charge in [-0.25, -0.2) is 4.68 Å². The Bertz CT molecular complexity index is 1240. The minimum atomic E-state index is -0.312. The molecular formula is C24H23N3O2S. The molecule has 0 aliphatic heterocycles. The molecule has 1 atom stereocenters. The second-order valence-electron chi connectivity index (χ2n) is 7.57. The van der Waals surface area contributed by atoms with Crippen molar-refractivity contribution in [3.63, 3.8) is 0 Å². The van der Waals surface area contributed by atoms with E-state index >= 15 is 0 Å². The Morgan fingerprint density at radius 1 is 0.967 bits per heavy atom. The van der Waals surface area contributed by atoms with Crippen molar-refractivity contribution in [2.75, 3.05) is 0 Å². The number of benzene rings is 2. The maximum atomic E-state index is 13.3. The van der Waals surface area contributed by atoms with E-state index in [1.807, 2.05) is 23.6 Å². The van der Waals surface area contributed by atoms with Crippen molar-refractivity contribution < 1.29 is 4.79 Å². The molecule has 0 radical (unpaired) electrons. The van der Waals surface area contributed by atoms with E-state index in [4.69, 9.17) is 0 Å². The number of thiophene rings is 1. The van der Waals surface area contributed by atoms with Crippen LogP contribution >= 0.6 is 11.3 Å². The topological polar surface area (TPSA) is 64.0 Å². The molecule has 2 aromatic carbocycles. The third-order valence-electron chi connectivity index (χ3n) is 5.21. The molecule has 0 saturated heterocycles. The van der Waals surface area contributed by atoms with Gasteiger partial charge in [0.2, 0.25) is 0 Å². The smallest absolute Gasteiger partial charge is 0.274 e. The van der Waals surface area contributed by atoms with Crippen molar-refractivity contribution >= 4 is 28.0 Å². The summed E-state index contributed by atoms with van der Waals surface area (Å²) in [5, 5.41) is 10.4. The number of fused-ring (bicyclic) bond motifs is 1. The van der Waals surface area contributed by atoms with Crippen molar-refractivity contribution in [1.29, 1.82) is 0 Å². The average molecular weight is 418 g/mol. The van der Waals surface area contributed by atoms with Gasteiger partial charge in [0.05, 0.1) is 11.4 Å². The van der Waals surface area contributed by atoms with E-state index in [0.717, 1.165) is 10.4 Å². The Balaban J connectivity index is 1.74. The van der Waals surface area contributed by atoms with Gasteiger partial charge in [-0.2, -0.15) is 5.10 Å². The largest absolute Gasteiger partial charge is 0.339 e. The van der Waals surface area contributed by atoms with Crippen LogP contribution < -0.4 is 10.9 Å². The lowest BCUT2D eigenvalue weighted by molar-refractivity contribution is 0.0938. The molecule has 30 heavy (non-hydrogen) atoms. The highest BCUT2D eigenvalue weighted by molar-refractivity contribution is 7.10. The summed E-state index contributed by atoms with van der Waals surface area (Å²) in [4.78, 5) is 26.7. The molecule has 2 aromatic heterocycles. The lowest BCUT2D eigenvalue weighted by Crippen LogP contribution is -2.32. The maximum absolute atomic E-state index is 13.3. The number of rotatable bonds is 5. The second kappa shape index (κ2) is 8.24. The maximum Gasteiger partial charge on any atom is 0.274 e. The van der Waals surface area contributed by atoms with Crippen LogP contribution in [0.4, 0.5) is 0 Å². The Morgan fingerprint density at radius 2 is 1.63 bits per heavy atom. The summed E-state index contributed by atoms with van der Waals surface area (Å²) in [6.07, 6.45) is 0. The van der Waals surface area contributed by atoms with Gasteiger partial charge in [-0.1, -0.05) is 62.4 Å². The molecular weight excluding hydrogens is 394 g/mol. The number of aromatic nitrogens is 2. The lowest BCUT2D eigenvalue weighted by atomic mass is 9.98. The highest BCUT2D eigenvalue weighted by atomic mass is 32.1.